The molecule has 16 heavy (non-hydrogen) atoms. The maximum Gasteiger partial charge on any atom is 0.249 e. The Morgan fingerprint density at radius 2 is 2.19 bits per heavy atom. The third kappa shape index (κ3) is 2.26. The summed E-state index contributed by atoms with van der Waals surface area (Å²) in [4.78, 5) is 0. The van der Waals surface area contributed by atoms with E-state index < -0.39 is 0 Å². The first-order valence-corrected chi connectivity index (χ1v) is 5.79. The van der Waals surface area contributed by atoms with Crippen molar-refractivity contribution in [2.75, 3.05) is 0 Å². The predicted molar refractivity (Wildman–Crippen MR) is 65.0 cm³/mol. The minimum absolute atomic E-state index is 0.285. The largest absolute Gasteiger partial charge is 0.419 e. The van der Waals surface area contributed by atoms with Gasteiger partial charge < -0.3 is 10.2 Å². The minimum Gasteiger partial charge on any atom is -0.419 e. The molecule has 0 spiro atoms. The third-order valence-corrected chi connectivity index (χ3v) is 2.81. The lowest BCUT2D eigenvalue weighted by Crippen LogP contribution is -2.04. The second-order valence-electron chi connectivity index (χ2n) is 3.36. The van der Waals surface area contributed by atoms with Crippen molar-refractivity contribution in [1.82, 2.24) is 10.2 Å². The zero-order valence-corrected chi connectivity index (χ0v) is 10.8. The molecule has 1 heterocycles. The molecular weight excluding hydrogens is 293 g/mol. The highest BCUT2D eigenvalue weighted by Gasteiger charge is 2.14. The van der Waals surface area contributed by atoms with Crippen LogP contribution in [0.4, 0.5) is 0 Å². The summed E-state index contributed by atoms with van der Waals surface area (Å²) in [5, 5.41) is 8.31. The van der Waals surface area contributed by atoms with E-state index in [1.54, 1.807) is 13.0 Å². The van der Waals surface area contributed by atoms with Gasteiger partial charge in [-0.15, -0.1) is 10.2 Å². The average Bonchev–Trinajstić information content (AvgIpc) is 2.70. The molecule has 1 aromatic carbocycles. The molecule has 0 aliphatic rings. The maximum absolute atomic E-state index is 6.04. The van der Waals surface area contributed by atoms with Crippen LogP contribution in [0.2, 0.25) is 5.02 Å². The van der Waals surface area contributed by atoms with Crippen LogP contribution in [0.3, 0.4) is 0 Å². The van der Waals surface area contributed by atoms with Gasteiger partial charge in [0.2, 0.25) is 11.8 Å². The lowest BCUT2D eigenvalue weighted by atomic mass is 10.2. The summed E-state index contributed by atoms with van der Waals surface area (Å²) in [6.07, 6.45) is 0. The van der Waals surface area contributed by atoms with Crippen molar-refractivity contribution in [3.63, 3.8) is 0 Å². The van der Waals surface area contributed by atoms with Crippen LogP contribution in [0.25, 0.3) is 11.5 Å². The van der Waals surface area contributed by atoms with Crippen LogP contribution in [-0.2, 0) is 0 Å². The SMILES string of the molecule is CC(N)c1nnc(-c2cc(Br)ccc2Cl)o1. The van der Waals surface area contributed by atoms with Gasteiger partial charge in [-0.25, -0.2) is 0 Å². The van der Waals surface area contributed by atoms with Crippen LogP contribution in [-0.4, -0.2) is 10.2 Å². The molecule has 1 unspecified atom stereocenters. The van der Waals surface area contributed by atoms with Crippen LogP contribution in [0.5, 0.6) is 0 Å². The van der Waals surface area contributed by atoms with E-state index in [9.17, 15) is 0 Å². The molecule has 0 bridgehead atoms. The molecule has 1 atom stereocenters. The van der Waals surface area contributed by atoms with Gasteiger partial charge in [-0.1, -0.05) is 27.5 Å². The first kappa shape index (κ1) is 11.6. The number of nitrogens with zero attached hydrogens (tertiary/aromatic N) is 2. The van der Waals surface area contributed by atoms with E-state index in [0.717, 1.165) is 4.47 Å². The van der Waals surface area contributed by atoms with Gasteiger partial charge in [-0.05, 0) is 25.1 Å². The highest BCUT2D eigenvalue weighted by Crippen LogP contribution is 2.30. The summed E-state index contributed by atoms with van der Waals surface area (Å²) >= 11 is 9.40. The summed E-state index contributed by atoms with van der Waals surface area (Å²) in [7, 11) is 0. The van der Waals surface area contributed by atoms with Crippen LogP contribution in [0.1, 0.15) is 18.9 Å². The number of hydrogen-bond acceptors (Lipinski definition) is 4. The normalized spacial score (nSPS) is 12.8. The predicted octanol–water partition coefficient (Wildman–Crippen LogP) is 3.17. The van der Waals surface area contributed by atoms with Crippen molar-refractivity contribution in [2.24, 2.45) is 5.73 Å². The molecule has 0 aliphatic carbocycles. The second kappa shape index (κ2) is 4.53. The fourth-order valence-corrected chi connectivity index (χ4v) is 1.75. The molecule has 0 radical (unpaired) electrons. The van der Waals surface area contributed by atoms with Crippen molar-refractivity contribution in [1.29, 1.82) is 0 Å². The molecule has 4 nitrogen and oxygen atoms in total. The van der Waals surface area contributed by atoms with E-state index in [4.69, 9.17) is 21.8 Å². The fraction of sp³-hybridized carbons (Fsp3) is 0.200. The maximum atomic E-state index is 6.04. The quantitative estimate of drug-likeness (QED) is 0.925. The van der Waals surface area contributed by atoms with Gasteiger partial charge in [-0.3, -0.25) is 0 Å². The number of benzene rings is 1. The Morgan fingerprint density at radius 1 is 1.44 bits per heavy atom. The summed E-state index contributed by atoms with van der Waals surface area (Å²) in [5.74, 6) is 0.768. The van der Waals surface area contributed by atoms with Crippen molar-refractivity contribution >= 4 is 27.5 Å². The van der Waals surface area contributed by atoms with E-state index in [1.165, 1.54) is 0 Å². The van der Waals surface area contributed by atoms with Gasteiger partial charge in [0, 0.05) is 4.47 Å². The molecule has 0 aliphatic heterocycles. The van der Waals surface area contributed by atoms with Crippen molar-refractivity contribution < 1.29 is 4.42 Å². The molecule has 84 valence electrons. The Balaban J connectivity index is 2.46. The Kier molecular flexibility index (Phi) is 3.28. The monoisotopic (exact) mass is 301 g/mol. The van der Waals surface area contributed by atoms with Gasteiger partial charge >= 0.3 is 0 Å². The number of halogens is 2. The van der Waals surface area contributed by atoms with Gasteiger partial charge in [0.15, 0.2) is 0 Å². The van der Waals surface area contributed by atoms with Crippen LogP contribution < -0.4 is 5.73 Å². The average molecular weight is 303 g/mol. The third-order valence-electron chi connectivity index (χ3n) is 1.99. The zero-order valence-electron chi connectivity index (χ0n) is 8.45. The van der Waals surface area contributed by atoms with Crippen molar-refractivity contribution in [2.45, 2.75) is 13.0 Å². The second-order valence-corrected chi connectivity index (χ2v) is 4.68. The number of aromatic nitrogens is 2. The Labute approximate surface area is 106 Å². The molecule has 0 saturated carbocycles. The van der Waals surface area contributed by atoms with Gasteiger partial charge in [0.05, 0.1) is 16.6 Å². The molecule has 1 aromatic heterocycles. The molecule has 2 rings (SSSR count). The van der Waals surface area contributed by atoms with Gasteiger partial charge in [0.25, 0.3) is 0 Å². The topological polar surface area (TPSA) is 64.9 Å². The molecular formula is C10H9BrClN3O. The smallest absolute Gasteiger partial charge is 0.249 e. The Morgan fingerprint density at radius 3 is 2.81 bits per heavy atom. The van der Waals surface area contributed by atoms with Crippen molar-refractivity contribution in [3.8, 4) is 11.5 Å². The van der Waals surface area contributed by atoms with Crippen LogP contribution in [0, 0.1) is 0 Å². The van der Waals surface area contributed by atoms with Gasteiger partial charge in [0.1, 0.15) is 0 Å². The molecule has 6 heteroatoms. The molecule has 2 aromatic rings. The lowest BCUT2D eigenvalue weighted by molar-refractivity contribution is 0.473. The highest BCUT2D eigenvalue weighted by molar-refractivity contribution is 9.10. The number of rotatable bonds is 2. The molecule has 0 saturated heterocycles. The summed E-state index contributed by atoms with van der Waals surface area (Å²) < 4.78 is 6.31. The minimum atomic E-state index is -0.285. The summed E-state index contributed by atoms with van der Waals surface area (Å²) in [6.45, 7) is 1.78. The highest BCUT2D eigenvalue weighted by atomic mass is 79.9. The summed E-state index contributed by atoms with van der Waals surface area (Å²) in [5.41, 5.74) is 6.32. The first-order valence-electron chi connectivity index (χ1n) is 4.62. The van der Waals surface area contributed by atoms with Crippen LogP contribution >= 0.6 is 27.5 Å². The molecule has 0 fully saturated rings. The van der Waals surface area contributed by atoms with Gasteiger partial charge in [-0.2, -0.15) is 0 Å². The number of nitrogens with two attached hydrogens (primary N) is 1. The Hall–Kier alpha value is -0.910. The Bertz CT molecular complexity index is 513. The number of hydrogen-bond donors (Lipinski definition) is 1. The fourth-order valence-electron chi connectivity index (χ4n) is 1.19. The van der Waals surface area contributed by atoms with E-state index in [-0.39, 0.29) is 6.04 Å². The van der Waals surface area contributed by atoms with E-state index in [1.807, 2.05) is 12.1 Å². The van der Waals surface area contributed by atoms with E-state index in [2.05, 4.69) is 26.1 Å². The first-order chi connectivity index (χ1) is 7.58. The lowest BCUT2D eigenvalue weighted by Gasteiger charge is -2.00. The van der Waals surface area contributed by atoms with E-state index >= 15 is 0 Å². The molecule has 0 amide bonds. The summed E-state index contributed by atoms with van der Waals surface area (Å²) in [6, 6.07) is 5.14. The standard InChI is InChI=1S/C10H9BrClN3O/c1-5(13)9-14-15-10(16-9)7-4-6(11)2-3-8(7)12/h2-5H,13H2,1H3. The van der Waals surface area contributed by atoms with Crippen LogP contribution in [0.15, 0.2) is 27.1 Å². The van der Waals surface area contributed by atoms with E-state index in [0.29, 0.717) is 22.4 Å². The van der Waals surface area contributed by atoms with Crippen molar-refractivity contribution in [3.05, 3.63) is 33.6 Å². The molecule has 2 N–H and O–H groups in total. The zero-order chi connectivity index (χ0) is 11.7.